The summed E-state index contributed by atoms with van der Waals surface area (Å²) in [5.41, 5.74) is 3.44. The average molecular weight is 412 g/mol. The summed E-state index contributed by atoms with van der Waals surface area (Å²) in [6, 6.07) is 20.9. The fourth-order valence-corrected chi connectivity index (χ4v) is 3.74. The zero-order chi connectivity index (χ0) is 21.8. The number of likely N-dealkylation sites (tertiary alicyclic amines) is 1. The molecule has 0 aliphatic carbocycles. The highest BCUT2D eigenvalue weighted by atomic mass is 16.2. The van der Waals surface area contributed by atoms with Crippen LogP contribution in [0.25, 0.3) is 0 Å². The van der Waals surface area contributed by atoms with Gasteiger partial charge in [-0.1, -0.05) is 48.0 Å². The van der Waals surface area contributed by atoms with Crippen LogP contribution >= 0.6 is 0 Å². The molecule has 0 unspecified atom stereocenters. The van der Waals surface area contributed by atoms with Crippen LogP contribution < -0.4 is 5.32 Å². The van der Waals surface area contributed by atoms with Gasteiger partial charge in [0.25, 0.3) is 11.8 Å². The van der Waals surface area contributed by atoms with Crippen molar-refractivity contribution in [3.63, 3.8) is 0 Å². The molecule has 0 radical (unpaired) electrons. The number of rotatable bonds is 5. The Morgan fingerprint density at radius 1 is 0.742 bits per heavy atom. The molecule has 31 heavy (non-hydrogen) atoms. The van der Waals surface area contributed by atoms with Crippen molar-refractivity contribution < 1.29 is 14.4 Å². The third-order valence-electron chi connectivity index (χ3n) is 5.51. The molecule has 1 aliphatic heterocycles. The number of aryl methyl sites for hydroxylation is 1. The predicted molar refractivity (Wildman–Crippen MR) is 121 cm³/mol. The van der Waals surface area contributed by atoms with Gasteiger partial charge >= 0.3 is 0 Å². The number of amides is 2. The van der Waals surface area contributed by atoms with Crippen LogP contribution in [0.1, 0.15) is 55.0 Å². The maximum Gasteiger partial charge on any atom is 0.256 e. The van der Waals surface area contributed by atoms with Crippen molar-refractivity contribution in [2.24, 2.45) is 0 Å². The molecular formula is C26H24N2O3. The smallest absolute Gasteiger partial charge is 0.256 e. The maximum absolute atomic E-state index is 13.0. The second-order valence-corrected chi connectivity index (χ2v) is 7.77. The summed E-state index contributed by atoms with van der Waals surface area (Å²) in [6.45, 7) is 3.55. The number of hydrogen-bond donors (Lipinski definition) is 1. The van der Waals surface area contributed by atoms with E-state index < -0.39 is 0 Å². The molecule has 1 N–H and O–H groups in total. The molecule has 1 aliphatic rings. The molecule has 5 nitrogen and oxygen atoms in total. The van der Waals surface area contributed by atoms with Gasteiger partial charge in [-0.05, 0) is 50.1 Å². The van der Waals surface area contributed by atoms with E-state index in [0.29, 0.717) is 27.9 Å². The molecule has 3 aromatic rings. The fourth-order valence-electron chi connectivity index (χ4n) is 3.74. The van der Waals surface area contributed by atoms with Gasteiger partial charge in [-0.15, -0.1) is 0 Å². The van der Waals surface area contributed by atoms with Gasteiger partial charge in [0.2, 0.25) is 0 Å². The standard InChI is InChI=1S/C26H24N2O3/c1-18-8-10-19(11-9-18)24(29)22-6-2-3-7-23(22)25(30)27-21-14-12-20(13-15-21)26(31)28-16-4-5-17-28/h2-3,6-15H,4-5,16-17H2,1H3,(H,27,30). The first kappa shape index (κ1) is 20.5. The third-order valence-corrected chi connectivity index (χ3v) is 5.51. The van der Waals surface area contributed by atoms with Crippen molar-refractivity contribution in [1.29, 1.82) is 0 Å². The summed E-state index contributed by atoms with van der Waals surface area (Å²) in [4.78, 5) is 40.2. The van der Waals surface area contributed by atoms with Crippen LogP contribution in [-0.4, -0.2) is 35.6 Å². The lowest BCUT2D eigenvalue weighted by Crippen LogP contribution is -2.27. The molecule has 0 saturated carbocycles. The summed E-state index contributed by atoms with van der Waals surface area (Å²) in [7, 11) is 0. The molecule has 5 heteroatoms. The number of hydrogen-bond acceptors (Lipinski definition) is 3. The molecule has 1 saturated heterocycles. The highest BCUT2D eigenvalue weighted by molar-refractivity contribution is 6.17. The van der Waals surface area contributed by atoms with E-state index in [-0.39, 0.29) is 17.6 Å². The van der Waals surface area contributed by atoms with E-state index in [1.165, 1.54) is 0 Å². The number of benzene rings is 3. The maximum atomic E-state index is 13.0. The van der Waals surface area contributed by atoms with Crippen molar-refractivity contribution in [2.45, 2.75) is 19.8 Å². The molecule has 4 rings (SSSR count). The number of carbonyl (C=O) groups is 3. The molecule has 0 spiro atoms. The minimum Gasteiger partial charge on any atom is -0.339 e. The van der Waals surface area contributed by atoms with Gasteiger partial charge in [0.1, 0.15) is 0 Å². The van der Waals surface area contributed by atoms with Crippen molar-refractivity contribution in [3.05, 3.63) is 101 Å². The topological polar surface area (TPSA) is 66.5 Å². The molecule has 0 atom stereocenters. The highest BCUT2D eigenvalue weighted by Gasteiger charge is 2.20. The summed E-state index contributed by atoms with van der Waals surface area (Å²) >= 11 is 0. The monoisotopic (exact) mass is 412 g/mol. The van der Waals surface area contributed by atoms with E-state index in [1.54, 1.807) is 60.7 Å². The van der Waals surface area contributed by atoms with Crippen molar-refractivity contribution >= 4 is 23.3 Å². The number of ketones is 1. The third kappa shape index (κ3) is 4.56. The highest BCUT2D eigenvalue weighted by Crippen LogP contribution is 2.19. The van der Waals surface area contributed by atoms with Gasteiger partial charge in [0.05, 0.1) is 5.56 Å². The number of anilines is 1. The average Bonchev–Trinajstić information content (AvgIpc) is 3.34. The van der Waals surface area contributed by atoms with Crippen molar-refractivity contribution in [3.8, 4) is 0 Å². The van der Waals surface area contributed by atoms with Crippen molar-refractivity contribution in [1.82, 2.24) is 4.90 Å². The Morgan fingerprint density at radius 3 is 1.97 bits per heavy atom. The van der Waals surface area contributed by atoms with E-state index >= 15 is 0 Å². The van der Waals surface area contributed by atoms with Gasteiger partial charge < -0.3 is 10.2 Å². The second-order valence-electron chi connectivity index (χ2n) is 7.77. The van der Waals surface area contributed by atoms with E-state index in [1.807, 2.05) is 24.0 Å². The first-order valence-electron chi connectivity index (χ1n) is 10.4. The molecule has 1 fully saturated rings. The SMILES string of the molecule is Cc1ccc(C(=O)c2ccccc2C(=O)Nc2ccc(C(=O)N3CCCC3)cc2)cc1. The quantitative estimate of drug-likeness (QED) is 0.617. The number of nitrogens with zero attached hydrogens (tertiary/aromatic N) is 1. The van der Waals surface area contributed by atoms with E-state index in [4.69, 9.17) is 0 Å². The van der Waals surface area contributed by atoms with Crippen LogP contribution in [0.3, 0.4) is 0 Å². The first-order chi connectivity index (χ1) is 15.0. The summed E-state index contributed by atoms with van der Waals surface area (Å²) in [6.07, 6.45) is 2.08. The Hall–Kier alpha value is -3.73. The normalized spacial score (nSPS) is 13.1. The minimum atomic E-state index is -0.366. The summed E-state index contributed by atoms with van der Waals surface area (Å²) in [5, 5.41) is 2.83. The van der Waals surface area contributed by atoms with Crippen LogP contribution in [0.15, 0.2) is 72.8 Å². The zero-order valence-electron chi connectivity index (χ0n) is 17.4. The molecule has 156 valence electrons. The Morgan fingerprint density at radius 2 is 1.32 bits per heavy atom. The van der Waals surface area contributed by atoms with Crippen molar-refractivity contribution in [2.75, 3.05) is 18.4 Å². The van der Waals surface area contributed by atoms with Gasteiger partial charge in [-0.2, -0.15) is 0 Å². The largest absolute Gasteiger partial charge is 0.339 e. The molecule has 0 bridgehead atoms. The Bertz CT molecular complexity index is 1110. The number of nitrogens with one attached hydrogen (secondary N) is 1. The Balaban J connectivity index is 1.51. The predicted octanol–water partition coefficient (Wildman–Crippen LogP) is 4.71. The molecule has 1 heterocycles. The Kier molecular flexibility index (Phi) is 5.94. The first-order valence-corrected chi connectivity index (χ1v) is 10.4. The Labute approximate surface area is 181 Å². The van der Waals surface area contributed by atoms with Gasteiger partial charge in [-0.25, -0.2) is 0 Å². The van der Waals surface area contributed by atoms with Gasteiger partial charge in [0, 0.05) is 35.5 Å². The van der Waals surface area contributed by atoms with Crippen LogP contribution in [0, 0.1) is 6.92 Å². The molecule has 2 amide bonds. The lowest BCUT2D eigenvalue weighted by Gasteiger charge is -2.15. The van der Waals surface area contributed by atoms with Gasteiger partial charge in [-0.3, -0.25) is 14.4 Å². The van der Waals surface area contributed by atoms with Crippen LogP contribution in [-0.2, 0) is 0 Å². The van der Waals surface area contributed by atoms with Crippen LogP contribution in [0.5, 0.6) is 0 Å². The lowest BCUT2D eigenvalue weighted by molar-refractivity contribution is 0.0792. The number of carbonyl (C=O) groups excluding carboxylic acids is 3. The fraction of sp³-hybridized carbons (Fsp3) is 0.192. The summed E-state index contributed by atoms with van der Waals surface area (Å²) in [5.74, 6) is -0.545. The van der Waals surface area contributed by atoms with Crippen LogP contribution in [0.2, 0.25) is 0 Å². The van der Waals surface area contributed by atoms with Gasteiger partial charge in [0.15, 0.2) is 5.78 Å². The van der Waals surface area contributed by atoms with E-state index in [2.05, 4.69) is 5.32 Å². The second kappa shape index (κ2) is 8.96. The lowest BCUT2D eigenvalue weighted by atomic mass is 9.97. The van der Waals surface area contributed by atoms with E-state index in [9.17, 15) is 14.4 Å². The van der Waals surface area contributed by atoms with Crippen LogP contribution in [0.4, 0.5) is 5.69 Å². The minimum absolute atomic E-state index is 0.0180. The molecular weight excluding hydrogens is 388 g/mol. The zero-order valence-corrected chi connectivity index (χ0v) is 17.4. The molecule has 0 aromatic heterocycles. The summed E-state index contributed by atoms with van der Waals surface area (Å²) < 4.78 is 0. The van der Waals surface area contributed by atoms with E-state index in [0.717, 1.165) is 31.5 Å². The molecule has 3 aromatic carbocycles.